The summed E-state index contributed by atoms with van der Waals surface area (Å²) >= 11 is 0. The van der Waals surface area contributed by atoms with Crippen LogP contribution in [-0.4, -0.2) is 15.0 Å². The minimum absolute atomic E-state index is 0.430. The Labute approximate surface area is 117 Å². The summed E-state index contributed by atoms with van der Waals surface area (Å²) in [5.74, 6) is 0.430. The monoisotopic (exact) mass is 264 g/mol. The third-order valence-electron chi connectivity index (χ3n) is 3.20. The SMILES string of the molecule is Nc1cnn(-c2cccc(CCc3ccccc3)c2)n1. The van der Waals surface area contributed by atoms with Crippen molar-refractivity contribution in [3.8, 4) is 5.69 Å². The summed E-state index contributed by atoms with van der Waals surface area (Å²) < 4.78 is 0. The van der Waals surface area contributed by atoms with Gasteiger partial charge in [0.15, 0.2) is 5.82 Å². The molecule has 0 aliphatic rings. The second-order valence-electron chi connectivity index (χ2n) is 4.71. The number of hydrogen-bond acceptors (Lipinski definition) is 3. The number of anilines is 1. The molecule has 100 valence electrons. The number of aromatic nitrogens is 3. The number of rotatable bonds is 4. The van der Waals surface area contributed by atoms with Crippen LogP contribution in [0.4, 0.5) is 5.82 Å². The standard InChI is InChI=1S/C16H16N4/c17-16-12-18-20(19-16)15-8-4-7-14(11-15)10-9-13-5-2-1-3-6-13/h1-8,11-12H,9-10H2,(H2,17,19). The minimum atomic E-state index is 0.430. The minimum Gasteiger partial charge on any atom is -0.381 e. The van der Waals surface area contributed by atoms with Crippen LogP contribution < -0.4 is 5.73 Å². The smallest absolute Gasteiger partial charge is 0.166 e. The summed E-state index contributed by atoms with van der Waals surface area (Å²) in [7, 11) is 0. The van der Waals surface area contributed by atoms with Gasteiger partial charge in [-0.1, -0.05) is 42.5 Å². The molecular formula is C16H16N4. The van der Waals surface area contributed by atoms with Crippen molar-refractivity contribution in [3.05, 3.63) is 71.9 Å². The van der Waals surface area contributed by atoms with Crippen LogP contribution in [0.5, 0.6) is 0 Å². The predicted octanol–water partition coefficient (Wildman–Crippen LogP) is 2.63. The first-order valence-electron chi connectivity index (χ1n) is 6.62. The van der Waals surface area contributed by atoms with E-state index in [1.807, 2.05) is 18.2 Å². The third kappa shape index (κ3) is 2.85. The first kappa shape index (κ1) is 12.4. The molecule has 2 N–H and O–H groups in total. The summed E-state index contributed by atoms with van der Waals surface area (Å²) in [6.07, 6.45) is 3.57. The van der Waals surface area contributed by atoms with E-state index in [-0.39, 0.29) is 0 Å². The zero-order valence-electron chi connectivity index (χ0n) is 11.1. The highest BCUT2D eigenvalue weighted by molar-refractivity contribution is 5.36. The molecule has 0 aliphatic heterocycles. The molecule has 3 aromatic rings. The van der Waals surface area contributed by atoms with Crippen molar-refractivity contribution < 1.29 is 0 Å². The Balaban J connectivity index is 1.75. The lowest BCUT2D eigenvalue weighted by molar-refractivity contribution is 0.752. The van der Waals surface area contributed by atoms with Crippen molar-refractivity contribution in [3.63, 3.8) is 0 Å². The molecule has 0 spiro atoms. The van der Waals surface area contributed by atoms with Crippen LogP contribution in [0.15, 0.2) is 60.8 Å². The summed E-state index contributed by atoms with van der Waals surface area (Å²) in [5.41, 5.74) is 9.14. The van der Waals surface area contributed by atoms with E-state index < -0.39 is 0 Å². The van der Waals surface area contributed by atoms with Gasteiger partial charge in [0.05, 0.1) is 11.9 Å². The molecule has 1 aromatic heterocycles. The van der Waals surface area contributed by atoms with Crippen LogP contribution in [-0.2, 0) is 12.8 Å². The van der Waals surface area contributed by atoms with E-state index in [1.54, 1.807) is 11.0 Å². The molecular weight excluding hydrogens is 248 g/mol. The molecule has 0 fully saturated rings. The second-order valence-corrected chi connectivity index (χ2v) is 4.71. The van der Waals surface area contributed by atoms with Gasteiger partial charge in [0.2, 0.25) is 0 Å². The van der Waals surface area contributed by atoms with Gasteiger partial charge < -0.3 is 5.73 Å². The van der Waals surface area contributed by atoms with Crippen LogP contribution in [0.25, 0.3) is 5.69 Å². The molecule has 0 amide bonds. The van der Waals surface area contributed by atoms with Gasteiger partial charge in [-0.3, -0.25) is 0 Å². The zero-order chi connectivity index (χ0) is 13.8. The zero-order valence-corrected chi connectivity index (χ0v) is 11.1. The number of nitrogen functional groups attached to an aromatic ring is 1. The maximum Gasteiger partial charge on any atom is 0.166 e. The van der Waals surface area contributed by atoms with Crippen molar-refractivity contribution in [1.82, 2.24) is 15.0 Å². The van der Waals surface area contributed by atoms with E-state index in [1.165, 1.54) is 11.1 Å². The summed E-state index contributed by atoms with van der Waals surface area (Å²) in [6, 6.07) is 18.7. The van der Waals surface area contributed by atoms with E-state index >= 15 is 0 Å². The van der Waals surface area contributed by atoms with Crippen molar-refractivity contribution in [1.29, 1.82) is 0 Å². The average Bonchev–Trinajstić information content (AvgIpc) is 2.93. The highest BCUT2D eigenvalue weighted by atomic mass is 15.5. The fourth-order valence-electron chi connectivity index (χ4n) is 2.17. The number of benzene rings is 2. The summed E-state index contributed by atoms with van der Waals surface area (Å²) in [4.78, 5) is 1.56. The molecule has 0 saturated heterocycles. The van der Waals surface area contributed by atoms with Crippen molar-refractivity contribution in [2.45, 2.75) is 12.8 Å². The number of nitrogens with two attached hydrogens (primary N) is 1. The fraction of sp³-hybridized carbons (Fsp3) is 0.125. The van der Waals surface area contributed by atoms with Gasteiger partial charge in [0.1, 0.15) is 0 Å². The van der Waals surface area contributed by atoms with Crippen molar-refractivity contribution in [2.75, 3.05) is 5.73 Å². The highest BCUT2D eigenvalue weighted by Crippen LogP contribution is 2.12. The van der Waals surface area contributed by atoms with E-state index in [4.69, 9.17) is 5.73 Å². The molecule has 0 atom stereocenters. The predicted molar refractivity (Wildman–Crippen MR) is 79.6 cm³/mol. The average molecular weight is 264 g/mol. The molecule has 4 heteroatoms. The molecule has 1 heterocycles. The molecule has 3 rings (SSSR count). The van der Waals surface area contributed by atoms with Crippen LogP contribution in [0.3, 0.4) is 0 Å². The van der Waals surface area contributed by atoms with E-state index in [0.717, 1.165) is 18.5 Å². The highest BCUT2D eigenvalue weighted by Gasteiger charge is 2.02. The summed E-state index contributed by atoms with van der Waals surface area (Å²) in [5, 5.41) is 8.25. The quantitative estimate of drug-likeness (QED) is 0.788. The Morgan fingerprint density at radius 2 is 1.65 bits per heavy atom. The first-order chi connectivity index (χ1) is 9.81. The Kier molecular flexibility index (Phi) is 3.46. The Hall–Kier alpha value is -2.62. The summed E-state index contributed by atoms with van der Waals surface area (Å²) in [6.45, 7) is 0. The topological polar surface area (TPSA) is 56.7 Å². The van der Waals surface area contributed by atoms with E-state index in [2.05, 4.69) is 46.6 Å². The van der Waals surface area contributed by atoms with E-state index in [9.17, 15) is 0 Å². The molecule has 0 bridgehead atoms. The first-order valence-corrected chi connectivity index (χ1v) is 6.62. The fourth-order valence-corrected chi connectivity index (χ4v) is 2.17. The second kappa shape index (κ2) is 5.57. The Morgan fingerprint density at radius 3 is 2.40 bits per heavy atom. The Morgan fingerprint density at radius 1 is 0.900 bits per heavy atom. The molecule has 0 aliphatic carbocycles. The number of nitrogens with zero attached hydrogens (tertiary/aromatic N) is 3. The maximum atomic E-state index is 5.59. The van der Waals surface area contributed by atoms with Gasteiger partial charge >= 0.3 is 0 Å². The lowest BCUT2D eigenvalue weighted by atomic mass is 10.0. The molecule has 2 aromatic carbocycles. The van der Waals surface area contributed by atoms with Gasteiger partial charge in [-0.25, -0.2) is 0 Å². The molecule has 20 heavy (non-hydrogen) atoms. The third-order valence-corrected chi connectivity index (χ3v) is 3.20. The molecule has 0 unspecified atom stereocenters. The van der Waals surface area contributed by atoms with Crippen LogP contribution in [0.2, 0.25) is 0 Å². The van der Waals surface area contributed by atoms with Crippen LogP contribution in [0, 0.1) is 0 Å². The van der Waals surface area contributed by atoms with Gasteiger partial charge in [-0.15, -0.1) is 9.90 Å². The number of aryl methyl sites for hydroxylation is 2. The van der Waals surface area contributed by atoms with E-state index in [0.29, 0.717) is 5.82 Å². The maximum absolute atomic E-state index is 5.59. The van der Waals surface area contributed by atoms with Gasteiger partial charge in [0, 0.05) is 0 Å². The lowest BCUT2D eigenvalue weighted by Gasteiger charge is -2.05. The van der Waals surface area contributed by atoms with Gasteiger partial charge in [-0.05, 0) is 36.1 Å². The van der Waals surface area contributed by atoms with Crippen LogP contribution in [0.1, 0.15) is 11.1 Å². The molecule has 0 saturated carbocycles. The van der Waals surface area contributed by atoms with Crippen LogP contribution >= 0.6 is 0 Å². The molecule has 0 radical (unpaired) electrons. The van der Waals surface area contributed by atoms with Gasteiger partial charge in [0.25, 0.3) is 0 Å². The van der Waals surface area contributed by atoms with Crippen molar-refractivity contribution >= 4 is 5.82 Å². The largest absolute Gasteiger partial charge is 0.381 e. The molecule has 4 nitrogen and oxygen atoms in total. The Bertz CT molecular complexity index is 688. The normalized spacial score (nSPS) is 10.6. The van der Waals surface area contributed by atoms with Gasteiger partial charge in [-0.2, -0.15) is 5.10 Å². The van der Waals surface area contributed by atoms with Crippen molar-refractivity contribution in [2.24, 2.45) is 0 Å². The number of hydrogen-bond donors (Lipinski definition) is 1. The lowest BCUT2D eigenvalue weighted by Crippen LogP contribution is -2.00.